The lowest BCUT2D eigenvalue weighted by atomic mass is 10.1. The minimum absolute atomic E-state index is 0.0514. The molecule has 0 spiro atoms. The summed E-state index contributed by atoms with van der Waals surface area (Å²) >= 11 is 0. The summed E-state index contributed by atoms with van der Waals surface area (Å²) < 4.78 is 0. The van der Waals surface area contributed by atoms with E-state index in [9.17, 15) is 4.79 Å². The van der Waals surface area contributed by atoms with E-state index in [0.29, 0.717) is 19.5 Å². The molecule has 0 bridgehead atoms. The van der Waals surface area contributed by atoms with Crippen molar-refractivity contribution in [3.05, 3.63) is 12.7 Å². The van der Waals surface area contributed by atoms with Gasteiger partial charge in [0.15, 0.2) is 0 Å². The normalized spacial score (nSPS) is 22.1. The van der Waals surface area contributed by atoms with Crippen molar-refractivity contribution in [2.75, 3.05) is 19.6 Å². The smallest absolute Gasteiger partial charge is 0.246 e. The molecular weight excluding hydrogens is 166 g/mol. The summed E-state index contributed by atoms with van der Waals surface area (Å²) in [6.07, 6.45) is 1.76. The Bertz CT molecular complexity index is 244. The average Bonchev–Trinajstić information content (AvgIpc) is 2.18. The summed E-state index contributed by atoms with van der Waals surface area (Å²) in [5.74, 6) is -0.0514. The lowest BCUT2D eigenvalue weighted by Gasteiger charge is -2.31. The molecular formula is C9H13N3O. The second kappa shape index (κ2) is 4.63. The summed E-state index contributed by atoms with van der Waals surface area (Å²) in [6, 6.07) is 2.20. The highest BCUT2D eigenvalue weighted by Gasteiger charge is 2.20. The molecule has 0 aromatic heterocycles. The minimum Gasteiger partial charge on any atom is -0.336 e. The molecule has 0 aliphatic carbocycles. The van der Waals surface area contributed by atoms with E-state index >= 15 is 0 Å². The van der Waals surface area contributed by atoms with Crippen LogP contribution in [0.1, 0.15) is 6.42 Å². The van der Waals surface area contributed by atoms with Crippen LogP contribution in [0.4, 0.5) is 0 Å². The summed E-state index contributed by atoms with van der Waals surface area (Å²) in [7, 11) is 0. The van der Waals surface area contributed by atoms with Crippen molar-refractivity contribution in [3.8, 4) is 6.07 Å². The van der Waals surface area contributed by atoms with E-state index in [1.165, 1.54) is 6.08 Å². The van der Waals surface area contributed by atoms with Crippen molar-refractivity contribution in [1.29, 1.82) is 5.26 Å². The molecule has 13 heavy (non-hydrogen) atoms. The van der Waals surface area contributed by atoms with E-state index in [4.69, 9.17) is 5.26 Å². The van der Waals surface area contributed by atoms with E-state index in [1.54, 1.807) is 4.90 Å². The quantitative estimate of drug-likeness (QED) is 0.601. The number of hydrogen-bond acceptors (Lipinski definition) is 3. The van der Waals surface area contributed by atoms with Crippen LogP contribution < -0.4 is 5.32 Å². The number of carbonyl (C=O) groups excluding carboxylic acids is 1. The van der Waals surface area contributed by atoms with Crippen molar-refractivity contribution in [1.82, 2.24) is 10.2 Å². The van der Waals surface area contributed by atoms with Gasteiger partial charge < -0.3 is 10.2 Å². The maximum atomic E-state index is 11.2. The largest absolute Gasteiger partial charge is 0.336 e. The van der Waals surface area contributed by atoms with Crippen LogP contribution in [0, 0.1) is 11.3 Å². The van der Waals surface area contributed by atoms with Gasteiger partial charge in [0.05, 0.1) is 12.5 Å². The number of nitriles is 1. The first kappa shape index (κ1) is 9.75. The first-order valence-corrected chi connectivity index (χ1v) is 4.29. The SMILES string of the molecule is C=CC(=O)N1CCNC(CC#N)C1. The van der Waals surface area contributed by atoms with E-state index in [-0.39, 0.29) is 11.9 Å². The molecule has 1 saturated heterocycles. The molecule has 1 aliphatic heterocycles. The summed E-state index contributed by atoms with van der Waals surface area (Å²) in [5, 5.41) is 11.7. The molecule has 0 aromatic rings. The molecule has 0 saturated carbocycles. The molecule has 1 N–H and O–H groups in total. The zero-order chi connectivity index (χ0) is 9.68. The van der Waals surface area contributed by atoms with Crippen molar-refractivity contribution in [2.24, 2.45) is 0 Å². The maximum absolute atomic E-state index is 11.2. The zero-order valence-electron chi connectivity index (χ0n) is 7.49. The first-order chi connectivity index (χ1) is 6.27. The molecule has 1 atom stereocenters. The van der Waals surface area contributed by atoms with Gasteiger partial charge in [0.25, 0.3) is 0 Å². The van der Waals surface area contributed by atoms with Gasteiger partial charge in [0.1, 0.15) is 0 Å². The Morgan fingerprint density at radius 3 is 3.23 bits per heavy atom. The average molecular weight is 179 g/mol. The highest BCUT2D eigenvalue weighted by Crippen LogP contribution is 2.02. The van der Waals surface area contributed by atoms with Crippen molar-refractivity contribution in [3.63, 3.8) is 0 Å². The number of amides is 1. The van der Waals surface area contributed by atoms with Gasteiger partial charge in [-0.05, 0) is 6.08 Å². The molecule has 4 nitrogen and oxygen atoms in total. The molecule has 1 fully saturated rings. The monoisotopic (exact) mass is 179 g/mol. The van der Waals surface area contributed by atoms with Crippen molar-refractivity contribution >= 4 is 5.91 Å². The molecule has 1 heterocycles. The Labute approximate surface area is 77.8 Å². The van der Waals surface area contributed by atoms with Gasteiger partial charge in [-0.15, -0.1) is 0 Å². The third-order valence-corrected chi connectivity index (χ3v) is 2.08. The Morgan fingerprint density at radius 1 is 1.85 bits per heavy atom. The predicted molar refractivity (Wildman–Crippen MR) is 48.8 cm³/mol. The van der Waals surface area contributed by atoms with Gasteiger partial charge in [-0.25, -0.2) is 0 Å². The van der Waals surface area contributed by atoms with Crippen LogP contribution in [0.5, 0.6) is 0 Å². The lowest BCUT2D eigenvalue weighted by molar-refractivity contribution is -0.127. The predicted octanol–water partition coefficient (Wildman–Crippen LogP) is -0.114. The highest BCUT2D eigenvalue weighted by molar-refractivity contribution is 5.87. The second-order valence-electron chi connectivity index (χ2n) is 3.00. The Morgan fingerprint density at radius 2 is 2.62 bits per heavy atom. The number of nitrogens with one attached hydrogen (secondary N) is 1. The fourth-order valence-corrected chi connectivity index (χ4v) is 1.40. The third-order valence-electron chi connectivity index (χ3n) is 2.08. The van der Waals surface area contributed by atoms with Crippen LogP contribution >= 0.6 is 0 Å². The first-order valence-electron chi connectivity index (χ1n) is 4.29. The van der Waals surface area contributed by atoms with Crippen LogP contribution in [0.2, 0.25) is 0 Å². The number of hydrogen-bond donors (Lipinski definition) is 1. The lowest BCUT2D eigenvalue weighted by Crippen LogP contribution is -2.52. The van der Waals surface area contributed by atoms with E-state index in [0.717, 1.165) is 6.54 Å². The molecule has 0 radical (unpaired) electrons. The van der Waals surface area contributed by atoms with Gasteiger partial charge in [-0.3, -0.25) is 4.79 Å². The Hall–Kier alpha value is -1.34. The number of carbonyl (C=O) groups is 1. The minimum atomic E-state index is -0.0514. The van der Waals surface area contributed by atoms with Crippen LogP contribution in [0.15, 0.2) is 12.7 Å². The number of nitrogens with zero attached hydrogens (tertiary/aromatic N) is 2. The summed E-state index contributed by atoms with van der Waals surface area (Å²) in [6.45, 7) is 5.50. The van der Waals surface area contributed by atoms with E-state index < -0.39 is 0 Å². The Kier molecular flexibility index (Phi) is 3.47. The van der Waals surface area contributed by atoms with Crippen LogP contribution in [-0.2, 0) is 4.79 Å². The van der Waals surface area contributed by atoms with Gasteiger partial charge >= 0.3 is 0 Å². The van der Waals surface area contributed by atoms with Crippen molar-refractivity contribution < 1.29 is 4.79 Å². The summed E-state index contributed by atoms with van der Waals surface area (Å²) in [5.41, 5.74) is 0. The second-order valence-corrected chi connectivity index (χ2v) is 3.00. The topological polar surface area (TPSA) is 56.1 Å². The van der Waals surface area contributed by atoms with Gasteiger partial charge in [-0.1, -0.05) is 6.58 Å². The van der Waals surface area contributed by atoms with Crippen LogP contribution in [-0.4, -0.2) is 36.5 Å². The van der Waals surface area contributed by atoms with Crippen LogP contribution in [0.3, 0.4) is 0 Å². The van der Waals surface area contributed by atoms with Gasteiger partial charge in [-0.2, -0.15) is 5.26 Å². The van der Waals surface area contributed by atoms with Crippen molar-refractivity contribution in [2.45, 2.75) is 12.5 Å². The zero-order valence-corrected chi connectivity index (χ0v) is 7.49. The molecule has 1 amide bonds. The fraction of sp³-hybridized carbons (Fsp3) is 0.556. The highest BCUT2D eigenvalue weighted by atomic mass is 16.2. The van der Waals surface area contributed by atoms with Gasteiger partial charge in [0.2, 0.25) is 5.91 Å². The molecule has 1 aliphatic rings. The van der Waals surface area contributed by atoms with E-state index in [1.807, 2.05) is 0 Å². The molecule has 0 aromatic carbocycles. The van der Waals surface area contributed by atoms with E-state index in [2.05, 4.69) is 18.0 Å². The number of piperazine rings is 1. The summed E-state index contributed by atoms with van der Waals surface area (Å²) in [4.78, 5) is 12.9. The maximum Gasteiger partial charge on any atom is 0.246 e. The van der Waals surface area contributed by atoms with Gasteiger partial charge in [0, 0.05) is 25.7 Å². The third kappa shape index (κ3) is 2.56. The molecule has 1 rings (SSSR count). The molecule has 1 unspecified atom stereocenters. The molecule has 4 heteroatoms. The molecule has 70 valence electrons. The standard InChI is InChI=1S/C9H13N3O/c1-2-9(13)12-6-5-11-8(7-12)3-4-10/h2,8,11H,1,3,5-7H2. The number of rotatable bonds is 2. The Balaban J connectivity index is 2.47. The fourth-order valence-electron chi connectivity index (χ4n) is 1.40. The van der Waals surface area contributed by atoms with Crippen LogP contribution in [0.25, 0.3) is 0 Å².